The van der Waals surface area contributed by atoms with Crippen LogP contribution in [0, 0.1) is 13.5 Å². The summed E-state index contributed by atoms with van der Waals surface area (Å²) in [5.74, 6) is -2.33. The first kappa shape index (κ1) is 26.5. The van der Waals surface area contributed by atoms with Crippen LogP contribution in [-0.2, 0) is 16.1 Å². The number of benzene rings is 1. The second-order valence-corrected chi connectivity index (χ2v) is 8.26. The number of imide groups is 2. The summed E-state index contributed by atoms with van der Waals surface area (Å²) in [5, 5.41) is 29.4. The maximum Gasteiger partial charge on any atom is 0.328 e. The van der Waals surface area contributed by atoms with Crippen molar-refractivity contribution >= 4 is 63.8 Å². The van der Waals surface area contributed by atoms with Crippen molar-refractivity contribution in [1.82, 2.24) is 15.2 Å². The number of carbonyl (C=O) groups is 3. The Balaban J connectivity index is 1.94. The van der Waals surface area contributed by atoms with Crippen LogP contribution in [0.5, 0.6) is 5.88 Å². The number of azo groups is 2. The number of hydrogen-bond donors (Lipinski definition) is 3. The molecule has 1 aliphatic heterocycles. The molecule has 0 bridgehead atoms. The number of pyridine rings is 1. The molecule has 1 aromatic heterocycles. The number of aromatic nitrogens is 1. The average molecular weight is 533 g/mol. The van der Waals surface area contributed by atoms with Crippen LogP contribution in [-0.4, -0.2) is 33.6 Å². The van der Waals surface area contributed by atoms with Crippen molar-refractivity contribution in [3.63, 3.8) is 0 Å². The van der Waals surface area contributed by atoms with E-state index in [1.807, 2.05) is 17.6 Å². The number of aromatic hydroxyl groups is 1. The van der Waals surface area contributed by atoms with Crippen molar-refractivity contribution < 1.29 is 19.5 Å². The van der Waals surface area contributed by atoms with Gasteiger partial charge in [-0.2, -0.15) is 10.2 Å². The predicted octanol–water partition coefficient (Wildman–Crippen LogP) is 4.75. The number of hydrogen-bond acceptors (Lipinski definition) is 9. The number of carbonyl (C=O) groups excluding carboxylic acids is 3. The maximum atomic E-state index is 12.9. The Morgan fingerprint density at radius 1 is 1.06 bits per heavy atom. The zero-order valence-corrected chi connectivity index (χ0v) is 20.4. The number of amides is 4. The van der Waals surface area contributed by atoms with Crippen LogP contribution in [0.25, 0.3) is 4.85 Å². The van der Waals surface area contributed by atoms with Crippen LogP contribution in [0.4, 0.5) is 27.5 Å². The van der Waals surface area contributed by atoms with Crippen molar-refractivity contribution in [3.05, 3.63) is 49.5 Å². The molecule has 186 valence electrons. The second kappa shape index (κ2) is 11.1. The normalized spacial score (nSPS) is 14.4. The van der Waals surface area contributed by atoms with E-state index in [2.05, 4.69) is 25.3 Å². The summed E-state index contributed by atoms with van der Waals surface area (Å²) in [5.41, 5.74) is -0.678. The van der Waals surface area contributed by atoms with Crippen LogP contribution in [0.15, 0.2) is 37.4 Å². The molecule has 1 fully saturated rings. The van der Waals surface area contributed by atoms with Crippen LogP contribution < -0.4 is 16.2 Å². The molecule has 1 aromatic carbocycles. The van der Waals surface area contributed by atoms with Gasteiger partial charge in [0.05, 0.1) is 16.6 Å². The first-order chi connectivity index (χ1) is 17.1. The van der Waals surface area contributed by atoms with E-state index in [0.29, 0.717) is 6.42 Å². The topological polar surface area (TPSA) is 171 Å². The van der Waals surface area contributed by atoms with Crippen molar-refractivity contribution in [2.75, 3.05) is 0 Å². The molecule has 0 aliphatic carbocycles. The third-order valence-corrected chi connectivity index (χ3v) is 5.60. The molecule has 2 aromatic rings. The van der Waals surface area contributed by atoms with Gasteiger partial charge in [0, 0.05) is 6.54 Å². The van der Waals surface area contributed by atoms with Crippen LogP contribution >= 0.6 is 23.2 Å². The quantitative estimate of drug-likeness (QED) is 0.264. The lowest BCUT2D eigenvalue weighted by molar-refractivity contribution is -0.131. The molecule has 0 saturated carbocycles. The lowest BCUT2D eigenvalue weighted by atomic mass is 10.2. The highest BCUT2D eigenvalue weighted by molar-refractivity contribution is 6.36. The standard InChI is InChI=1S/C21H18Cl2N8O5/c1-4-5-6-31-19(34)14(24-3)9(2)15(20(31)35)29-27-12-7-11(23)13(8-10(12)22)28-30-16-17(32)25-21(36)26-18(16)33/h7-8,16,34H,4-6H2,1-2H3,(H2,25,26,32,33,36). The van der Waals surface area contributed by atoms with Gasteiger partial charge >= 0.3 is 6.03 Å². The summed E-state index contributed by atoms with van der Waals surface area (Å²) >= 11 is 12.4. The van der Waals surface area contributed by atoms with Crippen molar-refractivity contribution in [1.29, 1.82) is 0 Å². The molecular weight excluding hydrogens is 515 g/mol. The predicted molar refractivity (Wildman–Crippen MR) is 129 cm³/mol. The summed E-state index contributed by atoms with van der Waals surface area (Å²) in [6, 6.07) is -0.0372. The number of rotatable bonds is 7. The molecule has 36 heavy (non-hydrogen) atoms. The van der Waals surface area contributed by atoms with Gasteiger partial charge in [0.15, 0.2) is 5.88 Å². The number of barbiturate groups is 1. The van der Waals surface area contributed by atoms with Gasteiger partial charge in [-0.25, -0.2) is 9.64 Å². The zero-order valence-electron chi connectivity index (χ0n) is 18.9. The number of urea groups is 1. The van der Waals surface area contributed by atoms with Gasteiger partial charge in [-0.15, -0.1) is 10.2 Å². The zero-order chi connectivity index (χ0) is 26.6. The number of unbranched alkanes of at least 4 members (excludes halogenated alkanes) is 1. The number of nitrogens with zero attached hydrogens (tertiary/aromatic N) is 6. The largest absolute Gasteiger partial charge is 0.503 e. The molecule has 0 unspecified atom stereocenters. The van der Waals surface area contributed by atoms with Gasteiger partial charge in [-0.05, 0) is 31.0 Å². The van der Waals surface area contributed by atoms with Crippen LogP contribution in [0.3, 0.4) is 0 Å². The van der Waals surface area contributed by atoms with Crippen molar-refractivity contribution in [2.45, 2.75) is 39.3 Å². The Bertz CT molecular complexity index is 1410. The first-order valence-corrected chi connectivity index (χ1v) is 11.2. The Labute approximate surface area is 213 Å². The Morgan fingerprint density at radius 3 is 2.19 bits per heavy atom. The fraction of sp³-hybridized carbons (Fsp3) is 0.286. The van der Waals surface area contributed by atoms with Crippen LogP contribution in [0.2, 0.25) is 10.0 Å². The Morgan fingerprint density at radius 2 is 1.64 bits per heavy atom. The summed E-state index contributed by atoms with van der Waals surface area (Å²) < 4.78 is 1.07. The minimum absolute atomic E-state index is 0.00188. The Hall–Kier alpha value is -4.15. The maximum absolute atomic E-state index is 12.9. The fourth-order valence-corrected chi connectivity index (χ4v) is 3.48. The highest BCUT2D eigenvalue weighted by Crippen LogP contribution is 2.38. The third kappa shape index (κ3) is 5.40. The highest BCUT2D eigenvalue weighted by atomic mass is 35.5. The number of halogens is 2. The van der Waals surface area contributed by atoms with Gasteiger partial charge in [0.1, 0.15) is 17.1 Å². The van der Waals surface area contributed by atoms with Gasteiger partial charge in [0.25, 0.3) is 17.4 Å². The molecule has 0 radical (unpaired) electrons. The first-order valence-electron chi connectivity index (χ1n) is 10.4. The summed E-state index contributed by atoms with van der Waals surface area (Å²) in [6.45, 7) is 10.9. The minimum atomic E-state index is -1.60. The van der Waals surface area contributed by atoms with E-state index in [9.17, 15) is 24.3 Å². The molecule has 4 amide bonds. The monoisotopic (exact) mass is 532 g/mol. The molecule has 3 N–H and O–H groups in total. The third-order valence-electron chi connectivity index (χ3n) is 5.00. The van der Waals surface area contributed by atoms with E-state index < -0.39 is 35.3 Å². The van der Waals surface area contributed by atoms with Gasteiger partial charge in [-0.1, -0.05) is 36.5 Å². The lowest BCUT2D eigenvalue weighted by Gasteiger charge is -2.16. The fourth-order valence-electron chi connectivity index (χ4n) is 3.09. The molecule has 3 rings (SSSR count). The molecule has 1 saturated heterocycles. The van der Waals surface area contributed by atoms with E-state index in [-0.39, 0.29) is 44.9 Å². The van der Waals surface area contributed by atoms with Crippen molar-refractivity contribution in [3.8, 4) is 5.88 Å². The average Bonchev–Trinajstić information content (AvgIpc) is 2.81. The molecular formula is C21H18Cl2N8O5. The molecule has 13 nitrogen and oxygen atoms in total. The number of nitrogens with one attached hydrogen (secondary N) is 2. The van der Waals surface area contributed by atoms with Crippen molar-refractivity contribution in [2.24, 2.45) is 20.5 Å². The Kier molecular flexibility index (Phi) is 8.13. The SMILES string of the molecule is [C-]#[N+]c1c(C)c(N=Nc2cc(Cl)c(N=NC3C(=O)NC(=O)NC3=O)cc2Cl)c(=O)n(CCCC)c1O. The summed E-state index contributed by atoms with van der Waals surface area (Å²) in [7, 11) is 0. The molecule has 15 heteroatoms. The van der Waals surface area contributed by atoms with E-state index >= 15 is 0 Å². The molecule has 0 atom stereocenters. The van der Waals surface area contributed by atoms with E-state index in [1.54, 1.807) is 0 Å². The summed E-state index contributed by atoms with van der Waals surface area (Å²) in [6.07, 6.45) is 1.36. The van der Waals surface area contributed by atoms with Gasteiger partial charge in [-0.3, -0.25) is 29.6 Å². The smallest absolute Gasteiger partial charge is 0.328 e. The van der Waals surface area contributed by atoms with Gasteiger partial charge < -0.3 is 5.11 Å². The van der Waals surface area contributed by atoms with E-state index in [1.165, 1.54) is 19.1 Å². The van der Waals surface area contributed by atoms with Gasteiger partial charge in [0.2, 0.25) is 11.7 Å². The molecule has 2 heterocycles. The molecule has 0 spiro atoms. The lowest BCUT2D eigenvalue weighted by Crippen LogP contribution is -2.57. The molecule has 1 aliphatic rings. The second-order valence-electron chi connectivity index (χ2n) is 7.45. The van der Waals surface area contributed by atoms with Crippen LogP contribution in [0.1, 0.15) is 25.3 Å². The highest BCUT2D eigenvalue weighted by Gasteiger charge is 2.34. The summed E-state index contributed by atoms with van der Waals surface area (Å²) in [4.78, 5) is 50.9. The van der Waals surface area contributed by atoms with E-state index in [0.717, 1.165) is 11.0 Å². The van der Waals surface area contributed by atoms with E-state index in [4.69, 9.17) is 29.8 Å². The minimum Gasteiger partial charge on any atom is -0.503 e.